The van der Waals surface area contributed by atoms with E-state index in [1.165, 1.54) is 0 Å². The van der Waals surface area contributed by atoms with Crippen molar-refractivity contribution in [3.05, 3.63) is 52.3 Å². The van der Waals surface area contributed by atoms with Crippen LogP contribution in [0.1, 0.15) is 17.3 Å². The number of hydrogen-bond acceptors (Lipinski definition) is 4. The van der Waals surface area contributed by atoms with Crippen LogP contribution < -0.4 is 15.2 Å². The largest absolute Gasteiger partial charge is 0.497 e. The maximum absolute atomic E-state index is 6.22. The second kappa shape index (κ2) is 6.72. The molecule has 0 amide bonds. The van der Waals surface area contributed by atoms with Gasteiger partial charge in [0, 0.05) is 6.07 Å². The molecule has 1 atom stereocenters. The number of hydrogen-bond donors (Lipinski definition) is 1. The molecule has 0 fully saturated rings. The smallest absolute Gasteiger partial charge is 0.125 e. The second-order valence-corrected chi connectivity index (χ2v) is 5.19. The Morgan fingerprint density at radius 2 is 2.00 bits per heavy atom. The fraction of sp³-hybridized carbons (Fsp3) is 0.267. The normalized spacial score (nSPS) is 12.0. The highest BCUT2D eigenvalue weighted by Crippen LogP contribution is 2.27. The van der Waals surface area contributed by atoms with E-state index >= 15 is 0 Å². The fourth-order valence-corrected chi connectivity index (χ4v) is 2.35. The van der Waals surface area contributed by atoms with Gasteiger partial charge in [-0.2, -0.15) is 0 Å². The van der Waals surface area contributed by atoms with E-state index in [4.69, 9.17) is 15.2 Å². The molecule has 106 valence electrons. The molecule has 20 heavy (non-hydrogen) atoms. The van der Waals surface area contributed by atoms with E-state index in [9.17, 15) is 0 Å². The van der Waals surface area contributed by atoms with Crippen molar-refractivity contribution in [2.45, 2.75) is 12.5 Å². The molecule has 0 bridgehead atoms. The molecule has 0 aliphatic carbocycles. The van der Waals surface area contributed by atoms with Gasteiger partial charge in [0.2, 0.25) is 0 Å². The zero-order valence-electron chi connectivity index (χ0n) is 11.5. The molecule has 4 nitrogen and oxygen atoms in total. The Balaban J connectivity index is 2.21. The summed E-state index contributed by atoms with van der Waals surface area (Å²) in [6.45, 7) is 0. The number of nitrogens with two attached hydrogens (primary N) is 1. The maximum Gasteiger partial charge on any atom is 0.125 e. The van der Waals surface area contributed by atoms with Crippen molar-refractivity contribution in [3.8, 4) is 11.5 Å². The summed E-state index contributed by atoms with van der Waals surface area (Å²) in [5.41, 5.74) is 8.09. The lowest BCUT2D eigenvalue weighted by Gasteiger charge is -2.15. The molecule has 0 saturated carbocycles. The molecule has 0 saturated heterocycles. The minimum absolute atomic E-state index is 0.185. The molecular weight excluding hydrogens is 320 g/mol. The van der Waals surface area contributed by atoms with Gasteiger partial charge in [-0.1, -0.05) is 12.1 Å². The molecular formula is C15H17BrN2O2. The molecule has 2 aromatic rings. The molecule has 5 heteroatoms. The molecule has 0 radical (unpaired) electrons. The third-order valence-corrected chi connectivity index (χ3v) is 3.49. The van der Waals surface area contributed by atoms with Crippen LogP contribution in [0.15, 0.2) is 41.0 Å². The Morgan fingerprint density at radius 1 is 1.20 bits per heavy atom. The van der Waals surface area contributed by atoms with Crippen molar-refractivity contribution in [1.82, 2.24) is 4.98 Å². The summed E-state index contributed by atoms with van der Waals surface area (Å²) in [4.78, 5) is 4.38. The van der Waals surface area contributed by atoms with Crippen LogP contribution >= 0.6 is 15.9 Å². The highest BCUT2D eigenvalue weighted by atomic mass is 79.9. The zero-order chi connectivity index (χ0) is 14.5. The Labute approximate surface area is 127 Å². The van der Waals surface area contributed by atoms with Crippen LogP contribution in [0.3, 0.4) is 0 Å². The van der Waals surface area contributed by atoms with Crippen molar-refractivity contribution in [2.24, 2.45) is 5.73 Å². The van der Waals surface area contributed by atoms with Crippen LogP contribution in [-0.4, -0.2) is 19.2 Å². The van der Waals surface area contributed by atoms with Crippen LogP contribution in [0.5, 0.6) is 11.5 Å². The van der Waals surface area contributed by atoms with E-state index in [1.54, 1.807) is 14.2 Å². The van der Waals surface area contributed by atoms with E-state index in [0.29, 0.717) is 6.42 Å². The summed E-state index contributed by atoms with van der Waals surface area (Å²) < 4.78 is 11.4. The number of ether oxygens (including phenoxy) is 2. The Bertz CT molecular complexity index is 590. The molecule has 0 aliphatic rings. The van der Waals surface area contributed by atoms with E-state index in [0.717, 1.165) is 27.4 Å². The van der Waals surface area contributed by atoms with Crippen LogP contribution in [0.4, 0.5) is 0 Å². The van der Waals surface area contributed by atoms with Gasteiger partial charge in [-0.05, 0) is 46.1 Å². The molecule has 0 spiro atoms. The predicted octanol–water partition coefficient (Wildman–Crippen LogP) is 3.10. The summed E-state index contributed by atoms with van der Waals surface area (Å²) in [5.74, 6) is 1.54. The quantitative estimate of drug-likeness (QED) is 0.852. The number of benzene rings is 1. The van der Waals surface area contributed by atoms with Crippen molar-refractivity contribution in [3.63, 3.8) is 0 Å². The molecule has 2 N–H and O–H groups in total. The Kier molecular flexibility index (Phi) is 4.98. The molecule has 1 aromatic carbocycles. The topological polar surface area (TPSA) is 57.4 Å². The lowest BCUT2D eigenvalue weighted by molar-refractivity contribution is 0.390. The highest BCUT2D eigenvalue weighted by molar-refractivity contribution is 9.10. The molecule has 0 aliphatic heterocycles. The van der Waals surface area contributed by atoms with E-state index in [2.05, 4.69) is 20.9 Å². The van der Waals surface area contributed by atoms with Crippen LogP contribution in [-0.2, 0) is 6.42 Å². The van der Waals surface area contributed by atoms with Crippen molar-refractivity contribution < 1.29 is 9.47 Å². The van der Waals surface area contributed by atoms with Gasteiger partial charge < -0.3 is 15.2 Å². The lowest BCUT2D eigenvalue weighted by atomic mass is 10.0. The zero-order valence-corrected chi connectivity index (χ0v) is 13.1. The van der Waals surface area contributed by atoms with Gasteiger partial charge in [0.1, 0.15) is 16.1 Å². The van der Waals surface area contributed by atoms with Crippen LogP contribution in [0.25, 0.3) is 0 Å². The van der Waals surface area contributed by atoms with Crippen molar-refractivity contribution >= 4 is 15.9 Å². The summed E-state index contributed by atoms with van der Waals surface area (Å²) >= 11 is 3.35. The Morgan fingerprint density at radius 3 is 2.65 bits per heavy atom. The summed E-state index contributed by atoms with van der Waals surface area (Å²) in [5, 5.41) is 0. The molecule has 2 rings (SSSR count). The minimum Gasteiger partial charge on any atom is -0.497 e. The summed E-state index contributed by atoms with van der Waals surface area (Å²) in [6.07, 6.45) is 0.649. The van der Waals surface area contributed by atoms with Gasteiger partial charge >= 0.3 is 0 Å². The van der Waals surface area contributed by atoms with E-state index < -0.39 is 0 Å². The monoisotopic (exact) mass is 336 g/mol. The third kappa shape index (κ3) is 3.49. The van der Waals surface area contributed by atoms with Gasteiger partial charge in [0.15, 0.2) is 0 Å². The number of pyridine rings is 1. The highest BCUT2D eigenvalue weighted by Gasteiger charge is 2.13. The van der Waals surface area contributed by atoms with Crippen LogP contribution in [0, 0.1) is 0 Å². The minimum atomic E-state index is -0.185. The van der Waals surface area contributed by atoms with Gasteiger partial charge in [0.25, 0.3) is 0 Å². The van der Waals surface area contributed by atoms with Gasteiger partial charge in [0.05, 0.1) is 26.0 Å². The third-order valence-electron chi connectivity index (χ3n) is 3.05. The molecule has 1 aromatic heterocycles. The maximum atomic E-state index is 6.22. The number of aromatic nitrogens is 1. The van der Waals surface area contributed by atoms with Gasteiger partial charge in [-0.3, -0.25) is 0 Å². The first kappa shape index (κ1) is 14.8. The summed E-state index contributed by atoms with van der Waals surface area (Å²) in [7, 11) is 3.27. The number of halogens is 1. The first-order valence-electron chi connectivity index (χ1n) is 6.23. The average molecular weight is 337 g/mol. The SMILES string of the molecule is COc1ccc(CC(N)c2cccc(Br)n2)c(OC)c1. The number of rotatable bonds is 5. The second-order valence-electron chi connectivity index (χ2n) is 4.37. The van der Waals surface area contributed by atoms with E-state index in [-0.39, 0.29) is 6.04 Å². The fourth-order valence-electron chi connectivity index (χ4n) is 1.99. The van der Waals surface area contributed by atoms with E-state index in [1.807, 2.05) is 36.4 Å². The number of nitrogens with zero attached hydrogens (tertiary/aromatic N) is 1. The van der Waals surface area contributed by atoms with Crippen molar-refractivity contribution in [2.75, 3.05) is 14.2 Å². The standard InChI is InChI=1S/C15H17BrN2O2/c1-19-11-7-6-10(14(9-11)20-2)8-12(17)13-4-3-5-15(16)18-13/h3-7,9,12H,8,17H2,1-2H3. The predicted molar refractivity (Wildman–Crippen MR) is 82.1 cm³/mol. The van der Waals surface area contributed by atoms with Crippen molar-refractivity contribution in [1.29, 1.82) is 0 Å². The average Bonchev–Trinajstić information content (AvgIpc) is 2.47. The van der Waals surface area contributed by atoms with Gasteiger partial charge in [-0.15, -0.1) is 0 Å². The first-order chi connectivity index (χ1) is 9.63. The van der Waals surface area contributed by atoms with Gasteiger partial charge in [-0.25, -0.2) is 4.98 Å². The number of methoxy groups -OCH3 is 2. The molecule has 1 heterocycles. The first-order valence-corrected chi connectivity index (χ1v) is 7.02. The summed E-state index contributed by atoms with van der Waals surface area (Å²) in [6, 6.07) is 11.3. The molecule has 1 unspecified atom stereocenters. The lowest BCUT2D eigenvalue weighted by Crippen LogP contribution is -2.15. The van der Waals surface area contributed by atoms with Crippen LogP contribution in [0.2, 0.25) is 0 Å². The Hall–Kier alpha value is -1.59.